The van der Waals surface area contributed by atoms with Crippen LogP contribution in [0.3, 0.4) is 0 Å². The Morgan fingerprint density at radius 1 is 1.00 bits per heavy atom. The van der Waals surface area contributed by atoms with E-state index in [4.69, 9.17) is 11.6 Å². The first-order valence-electron chi connectivity index (χ1n) is 10.7. The zero-order chi connectivity index (χ0) is 24.9. The molecule has 0 aromatic heterocycles. The number of nitrogens with zero attached hydrogens (tertiary/aromatic N) is 2. The predicted octanol–water partition coefficient (Wildman–Crippen LogP) is 3.66. The van der Waals surface area contributed by atoms with Gasteiger partial charge < -0.3 is 10.2 Å². The smallest absolute Gasteiger partial charge is 0.244 e. The molecule has 7 nitrogen and oxygen atoms in total. The zero-order valence-corrected chi connectivity index (χ0v) is 21.5. The van der Waals surface area contributed by atoms with E-state index in [-0.39, 0.29) is 18.5 Å². The fraction of sp³-hybridized carbons (Fsp3) is 0.417. The van der Waals surface area contributed by atoms with Crippen LogP contribution < -0.4 is 9.62 Å². The molecule has 180 valence electrons. The van der Waals surface area contributed by atoms with Gasteiger partial charge in [-0.15, -0.1) is 0 Å². The highest BCUT2D eigenvalue weighted by molar-refractivity contribution is 7.92. The van der Waals surface area contributed by atoms with Gasteiger partial charge in [-0.1, -0.05) is 29.8 Å². The Morgan fingerprint density at radius 2 is 1.55 bits per heavy atom. The lowest BCUT2D eigenvalue weighted by atomic mass is 10.1. The van der Waals surface area contributed by atoms with Gasteiger partial charge in [0.1, 0.15) is 12.6 Å². The highest BCUT2D eigenvalue weighted by Gasteiger charge is 2.30. The second-order valence-electron chi connectivity index (χ2n) is 8.60. The van der Waals surface area contributed by atoms with E-state index in [0.29, 0.717) is 10.7 Å². The fourth-order valence-corrected chi connectivity index (χ4v) is 4.44. The number of aryl methyl sites for hydroxylation is 2. The first-order chi connectivity index (χ1) is 15.3. The molecule has 0 spiro atoms. The Bertz CT molecular complexity index is 1080. The summed E-state index contributed by atoms with van der Waals surface area (Å²) < 4.78 is 26.3. The van der Waals surface area contributed by atoms with Gasteiger partial charge in [0.15, 0.2) is 0 Å². The molecule has 2 rings (SSSR count). The van der Waals surface area contributed by atoms with Crippen molar-refractivity contribution in [2.75, 3.05) is 17.1 Å². The number of benzene rings is 2. The van der Waals surface area contributed by atoms with E-state index in [2.05, 4.69) is 5.32 Å². The third-order valence-corrected chi connectivity index (χ3v) is 6.43. The molecule has 0 unspecified atom stereocenters. The Kier molecular flexibility index (Phi) is 8.91. The maximum Gasteiger partial charge on any atom is 0.244 e. The van der Waals surface area contributed by atoms with E-state index in [1.54, 1.807) is 43.3 Å². The van der Waals surface area contributed by atoms with Crippen LogP contribution in [-0.4, -0.2) is 50.0 Å². The van der Waals surface area contributed by atoms with Gasteiger partial charge in [-0.2, -0.15) is 0 Å². The number of amides is 2. The van der Waals surface area contributed by atoms with Crippen LogP contribution in [0.2, 0.25) is 5.02 Å². The molecule has 2 aromatic carbocycles. The summed E-state index contributed by atoms with van der Waals surface area (Å²) in [6, 6.07) is 11.4. The Morgan fingerprint density at radius 3 is 2.03 bits per heavy atom. The molecule has 0 bridgehead atoms. The summed E-state index contributed by atoms with van der Waals surface area (Å²) in [5.41, 5.74) is 2.95. The standard InChI is InChI=1S/C24H32ClN3O4S/c1-16(2)26-24(30)19(5)27(14-20-7-9-21(25)10-8-20)23(29)15-28(33(6,31)32)22-12-17(3)11-18(4)13-22/h7-13,16,19H,14-15H2,1-6H3,(H,26,30)/t19-/m0/s1. The highest BCUT2D eigenvalue weighted by Crippen LogP contribution is 2.22. The van der Waals surface area contributed by atoms with Gasteiger partial charge in [0, 0.05) is 17.6 Å². The largest absolute Gasteiger partial charge is 0.352 e. The zero-order valence-electron chi connectivity index (χ0n) is 19.9. The van der Waals surface area contributed by atoms with Gasteiger partial charge in [-0.25, -0.2) is 8.42 Å². The van der Waals surface area contributed by atoms with Crippen molar-refractivity contribution in [3.8, 4) is 0 Å². The molecule has 9 heteroatoms. The number of carbonyl (C=O) groups excluding carboxylic acids is 2. The molecule has 1 atom stereocenters. The molecular weight excluding hydrogens is 462 g/mol. The molecule has 0 fully saturated rings. The summed E-state index contributed by atoms with van der Waals surface area (Å²) in [7, 11) is -3.76. The minimum Gasteiger partial charge on any atom is -0.352 e. The number of sulfonamides is 1. The van der Waals surface area contributed by atoms with E-state index < -0.39 is 28.5 Å². The van der Waals surface area contributed by atoms with Crippen molar-refractivity contribution >= 4 is 39.1 Å². The summed E-state index contributed by atoms with van der Waals surface area (Å²) in [6.07, 6.45) is 1.07. The van der Waals surface area contributed by atoms with Gasteiger partial charge in [-0.3, -0.25) is 13.9 Å². The van der Waals surface area contributed by atoms with E-state index >= 15 is 0 Å². The summed E-state index contributed by atoms with van der Waals surface area (Å²) in [5, 5.41) is 3.37. The molecule has 0 aliphatic rings. The highest BCUT2D eigenvalue weighted by atomic mass is 35.5. The summed E-state index contributed by atoms with van der Waals surface area (Å²) >= 11 is 5.98. The molecule has 2 aromatic rings. The summed E-state index contributed by atoms with van der Waals surface area (Å²) in [6.45, 7) is 8.74. The molecule has 33 heavy (non-hydrogen) atoms. The first-order valence-corrected chi connectivity index (χ1v) is 12.9. The topological polar surface area (TPSA) is 86.8 Å². The lowest BCUT2D eigenvalue weighted by Gasteiger charge is -2.32. The van der Waals surface area contributed by atoms with Gasteiger partial charge in [0.05, 0.1) is 11.9 Å². The number of rotatable bonds is 9. The van der Waals surface area contributed by atoms with Crippen molar-refractivity contribution in [3.05, 3.63) is 64.2 Å². The molecule has 2 amide bonds. The van der Waals surface area contributed by atoms with Gasteiger partial charge >= 0.3 is 0 Å². The fourth-order valence-electron chi connectivity index (χ4n) is 3.48. The Labute approximate surface area is 201 Å². The van der Waals surface area contributed by atoms with Crippen molar-refractivity contribution < 1.29 is 18.0 Å². The van der Waals surface area contributed by atoms with Crippen LogP contribution in [0.5, 0.6) is 0 Å². The third-order valence-electron chi connectivity index (χ3n) is 5.04. The van der Waals surface area contributed by atoms with Crippen molar-refractivity contribution in [2.45, 2.75) is 53.2 Å². The van der Waals surface area contributed by atoms with Gasteiger partial charge in [0.25, 0.3) is 0 Å². The third kappa shape index (κ3) is 7.75. The van der Waals surface area contributed by atoms with Crippen LogP contribution in [0.15, 0.2) is 42.5 Å². The van der Waals surface area contributed by atoms with E-state index in [0.717, 1.165) is 27.3 Å². The molecule has 0 saturated heterocycles. The average Bonchev–Trinajstić information content (AvgIpc) is 2.68. The first kappa shape index (κ1) is 26.7. The number of hydrogen-bond acceptors (Lipinski definition) is 4. The Hall–Kier alpha value is -2.58. The summed E-state index contributed by atoms with van der Waals surface area (Å²) in [4.78, 5) is 27.6. The van der Waals surface area contributed by atoms with E-state index in [1.165, 1.54) is 4.90 Å². The van der Waals surface area contributed by atoms with Crippen LogP contribution >= 0.6 is 11.6 Å². The maximum absolute atomic E-state index is 13.5. The molecular formula is C24H32ClN3O4S. The lowest BCUT2D eigenvalue weighted by Crippen LogP contribution is -2.52. The average molecular weight is 494 g/mol. The molecule has 0 heterocycles. The van der Waals surface area contributed by atoms with Crippen molar-refractivity contribution in [1.82, 2.24) is 10.2 Å². The molecule has 1 N–H and O–H groups in total. The predicted molar refractivity (Wildman–Crippen MR) is 133 cm³/mol. The number of carbonyl (C=O) groups is 2. The lowest BCUT2D eigenvalue weighted by molar-refractivity contribution is -0.139. The second kappa shape index (κ2) is 11.0. The van der Waals surface area contributed by atoms with Gasteiger partial charge in [-0.05, 0) is 75.6 Å². The minimum atomic E-state index is -3.76. The van der Waals surface area contributed by atoms with Gasteiger partial charge in [0.2, 0.25) is 21.8 Å². The second-order valence-corrected chi connectivity index (χ2v) is 10.9. The number of anilines is 1. The van der Waals surface area contributed by atoms with Crippen LogP contribution in [0.1, 0.15) is 37.5 Å². The number of halogens is 1. The number of nitrogens with one attached hydrogen (secondary N) is 1. The van der Waals surface area contributed by atoms with Crippen LogP contribution in [0, 0.1) is 13.8 Å². The monoisotopic (exact) mass is 493 g/mol. The Balaban J connectivity index is 2.41. The van der Waals surface area contributed by atoms with Crippen molar-refractivity contribution in [3.63, 3.8) is 0 Å². The molecule has 0 aliphatic heterocycles. The van der Waals surface area contributed by atoms with Crippen LogP contribution in [0.25, 0.3) is 0 Å². The minimum absolute atomic E-state index is 0.102. The van der Waals surface area contributed by atoms with Crippen molar-refractivity contribution in [2.24, 2.45) is 0 Å². The SMILES string of the molecule is Cc1cc(C)cc(N(CC(=O)N(Cc2ccc(Cl)cc2)[C@@H](C)C(=O)NC(C)C)S(C)(=O)=O)c1. The van der Waals surface area contributed by atoms with E-state index in [1.807, 2.05) is 33.8 Å². The molecule has 0 saturated carbocycles. The van der Waals surface area contributed by atoms with E-state index in [9.17, 15) is 18.0 Å². The maximum atomic E-state index is 13.5. The molecule has 0 aliphatic carbocycles. The van der Waals surface area contributed by atoms with Crippen molar-refractivity contribution in [1.29, 1.82) is 0 Å². The normalized spacial score (nSPS) is 12.4. The van der Waals surface area contributed by atoms with Crippen LogP contribution in [-0.2, 0) is 26.2 Å². The number of hydrogen-bond donors (Lipinski definition) is 1. The van der Waals surface area contributed by atoms with Crippen LogP contribution in [0.4, 0.5) is 5.69 Å². The quantitative estimate of drug-likeness (QED) is 0.577. The summed E-state index contributed by atoms with van der Waals surface area (Å²) in [5.74, 6) is -0.800. The molecule has 0 radical (unpaired) electrons.